The Balaban J connectivity index is 4.11. The fourth-order valence-electron chi connectivity index (χ4n) is 0.696. The van der Waals surface area contributed by atoms with Gasteiger partial charge in [-0.2, -0.15) is 0 Å². The van der Waals surface area contributed by atoms with Crippen LogP contribution in [-0.4, -0.2) is 17.9 Å². The highest BCUT2D eigenvalue weighted by atomic mass is 16.6. The van der Waals surface area contributed by atoms with Gasteiger partial charge in [0.2, 0.25) is 0 Å². The first-order valence-corrected chi connectivity index (χ1v) is 4.09. The molecule has 0 radical (unpaired) electrons. The number of esters is 1. The minimum absolute atomic E-state index is 0.431. The maximum atomic E-state index is 11.2. The summed E-state index contributed by atoms with van der Waals surface area (Å²) in [6.45, 7) is 7.12. The second-order valence-electron chi connectivity index (χ2n) is 3.68. The van der Waals surface area contributed by atoms with Crippen molar-refractivity contribution in [2.45, 2.75) is 39.7 Å². The van der Waals surface area contributed by atoms with E-state index in [1.54, 1.807) is 27.7 Å². The van der Waals surface area contributed by atoms with Crippen LogP contribution < -0.4 is 0 Å². The van der Waals surface area contributed by atoms with Crippen molar-refractivity contribution < 1.29 is 14.3 Å². The van der Waals surface area contributed by atoms with Crippen LogP contribution in [0.15, 0.2) is 0 Å². The number of carbonyl (C=O) groups excluding carboxylic acids is 2. The van der Waals surface area contributed by atoms with Crippen molar-refractivity contribution in [3.63, 3.8) is 0 Å². The van der Waals surface area contributed by atoms with E-state index in [0.29, 0.717) is 12.7 Å². The Bertz CT molecular complexity index is 167. The monoisotopic (exact) mass is 172 g/mol. The molecule has 0 aromatic heterocycles. The molecule has 0 saturated carbocycles. The molecule has 0 aliphatic rings. The number of hydrogen-bond acceptors (Lipinski definition) is 3. The average Bonchev–Trinajstić information content (AvgIpc) is 1.85. The summed E-state index contributed by atoms with van der Waals surface area (Å²) in [6, 6.07) is 0. The van der Waals surface area contributed by atoms with Crippen LogP contribution >= 0.6 is 0 Å². The van der Waals surface area contributed by atoms with Gasteiger partial charge in [0.25, 0.3) is 0 Å². The molecular weight excluding hydrogens is 156 g/mol. The van der Waals surface area contributed by atoms with Crippen LogP contribution in [0.25, 0.3) is 0 Å². The third-order valence-electron chi connectivity index (χ3n) is 1.31. The number of aldehydes is 1. The largest absolute Gasteiger partial charge is 0.459 e. The van der Waals surface area contributed by atoms with E-state index in [9.17, 15) is 9.59 Å². The second-order valence-corrected chi connectivity index (χ2v) is 3.68. The van der Waals surface area contributed by atoms with Crippen LogP contribution in [0.2, 0.25) is 0 Å². The molecule has 1 unspecified atom stereocenters. The van der Waals surface area contributed by atoms with Crippen molar-refractivity contribution in [2.75, 3.05) is 0 Å². The topological polar surface area (TPSA) is 43.4 Å². The summed E-state index contributed by atoms with van der Waals surface area (Å²) >= 11 is 0. The van der Waals surface area contributed by atoms with E-state index in [4.69, 9.17) is 4.74 Å². The van der Waals surface area contributed by atoms with Crippen LogP contribution in [0, 0.1) is 5.92 Å². The highest BCUT2D eigenvalue weighted by molar-refractivity contribution is 5.87. The normalized spacial score (nSPS) is 13.7. The Hall–Kier alpha value is -0.860. The number of carbonyl (C=O) groups is 2. The van der Waals surface area contributed by atoms with Crippen molar-refractivity contribution in [3.05, 3.63) is 0 Å². The molecule has 0 amide bonds. The minimum atomic E-state index is -0.607. The molecule has 70 valence electrons. The molecule has 0 aromatic rings. The lowest BCUT2D eigenvalue weighted by atomic mass is 10.1. The molecule has 0 saturated heterocycles. The van der Waals surface area contributed by atoms with E-state index in [-0.39, 0.29) is 0 Å². The zero-order valence-corrected chi connectivity index (χ0v) is 8.09. The Morgan fingerprint density at radius 1 is 1.50 bits per heavy atom. The Morgan fingerprint density at radius 2 is 2.00 bits per heavy atom. The molecule has 0 fully saturated rings. The van der Waals surface area contributed by atoms with Gasteiger partial charge in [0.15, 0.2) is 0 Å². The first kappa shape index (κ1) is 11.1. The van der Waals surface area contributed by atoms with Crippen LogP contribution in [-0.2, 0) is 14.3 Å². The standard InChI is InChI=1S/C9H16O3/c1-5-7(6-10)8(11)12-9(2,3)4/h6-7H,5H2,1-4H3. The summed E-state index contributed by atoms with van der Waals surface area (Å²) in [5.74, 6) is -1.04. The van der Waals surface area contributed by atoms with Crippen molar-refractivity contribution in [1.29, 1.82) is 0 Å². The maximum Gasteiger partial charge on any atom is 0.316 e. The van der Waals surface area contributed by atoms with Gasteiger partial charge in [-0.15, -0.1) is 0 Å². The molecule has 0 bridgehead atoms. The molecule has 0 aromatic carbocycles. The van der Waals surface area contributed by atoms with Gasteiger partial charge in [0, 0.05) is 0 Å². The summed E-state index contributed by atoms with van der Waals surface area (Å²) in [4.78, 5) is 21.5. The lowest BCUT2D eigenvalue weighted by molar-refractivity contribution is -0.160. The Labute approximate surface area is 73.1 Å². The number of rotatable bonds is 3. The first-order chi connectivity index (χ1) is 5.40. The molecule has 0 aliphatic heterocycles. The highest BCUT2D eigenvalue weighted by Gasteiger charge is 2.22. The fraction of sp³-hybridized carbons (Fsp3) is 0.778. The lowest BCUT2D eigenvalue weighted by Gasteiger charge is -2.21. The summed E-state index contributed by atoms with van der Waals surface area (Å²) in [7, 11) is 0. The highest BCUT2D eigenvalue weighted by Crippen LogP contribution is 2.11. The van der Waals surface area contributed by atoms with Gasteiger partial charge >= 0.3 is 5.97 Å². The zero-order chi connectivity index (χ0) is 9.78. The predicted molar refractivity (Wildman–Crippen MR) is 45.7 cm³/mol. The van der Waals surface area contributed by atoms with E-state index >= 15 is 0 Å². The molecule has 0 spiro atoms. The SMILES string of the molecule is CCC(C=O)C(=O)OC(C)(C)C. The maximum absolute atomic E-state index is 11.2. The molecule has 12 heavy (non-hydrogen) atoms. The van der Waals surface area contributed by atoms with Gasteiger partial charge in [-0.05, 0) is 27.2 Å². The van der Waals surface area contributed by atoms with E-state index < -0.39 is 17.5 Å². The molecule has 0 N–H and O–H groups in total. The molecule has 3 nitrogen and oxygen atoms in total. The lowest BCUT2D eigenvalue weighted by Crippen LogP contribution is -2.29. The quantitative estimate of drug-likeness (QED) is 0.368. The predicted octanol–water partition coefficient (Wildman–Crippen LogP) is 1.55. The molecule has 1 atom stereocenters. The van der Waals surface area contributed by atoms with Crippen LogP contribution in [0.5, 0.6) is 0 Å². The van der Waals surface area contributed by atoms with Crippen LogP contribution in [0.4, 0.5) is 0 Å². The number of hydrogen-bond donors (Lipinski definition) is 0. The third-order valence-corrected chi connectivity index (χ3v) is 1.31. The smallest absolute Gasteiger partial charge is 0.316 e. The third kappa shape index (κ3) is 4.11. The molecule has 3 heteroatoms. The second kappa shape index (κ2) is 4.24. The minimum Gasteiger partial charge on any atom is -0.459 e. The fourth-order valence-corrected chi connectivity index (χ4v) is 0.696. The van der Waals surface area contributed by atoms with Gasteiger partial charge in [-0.1, -0.05) is 6.92 Å². The molecule has 0 heterocycles. The van der Waals surface area contributed by atoms with Crippen molar-refractivity contribution in [1.82, 2.24) is 0 Å². The van der Waals surface area contributed by atoms with Crippen LogP contribution in [0.1, 0.15) is 34.1 Å². The van der Waals surface area contributed by atoms with Crippen LogP contribution in [0.3, 0.4) is 0 Å². The Kier molecular flexibility index (Phi) is 3.93. The summed E-state index contributed by atoms with van der Waals surface area (Å²) in [5, 5.41) is 0. The molecular formula is C9H16O3. The number of ether oxygens (including phenoxy) is 1. The Morgan fingerprint density at radius 3 is 2.25 bits per heavy atom. The zero-order valence-electron chi connectivity index (χ0n) is 8.09. The average molecular weight is 172 g/mol. The van der Waals surface area contributed by atoms with E-state index in [0.717, 1.165) is 0 Å². The van der Waals surface area contributed by atoms with Gasteiger partial charge in [-0.25, -0.2) is 0 Å². The van der Waals surface area contributed by atoms with Gasteiger partial charge in [-0.3, -0.25) is 4.79 Å². The van der Waals surface area contributed by atoms with Gasteiger partial charge < -0.3 is 9.53 Å². The summed E-state index contributed by atoms with van der Waals surface area (Å²) in [6.07, 6.45) is 1.13. The van der Waals surface area contributed by atoms with Gasteiger partial charge in [0.1, 0.15) is 17.8 Å². The van der Waals surface area contributed by atoms with Crippen molar-refractivity contribution in [2.24, 2.45) is 5.92 Å². The molecule has 0 aliphatic carbocycles. The van der Waals surface area contributed by atoms with E-state index in [1.807, 2.05) is 0 Å². The summed E-state index contributed by atoms with van der Waals surface area (Å²) in [5.41, 5.74) is -0.506. The van der Waals surface area contributed by atoms with Crippen molar-refractivity contribution >= 4 is 12.3 Å². The van der Waals surface area contributed by atoms with Crippen molar-refractivity contribution in [3.8, 4) is 0 Å². The van der Waals surface area contributed by atoms with Gasteiger partial charge in [0.05, 0.1) is 0 Å². The van der Waals surface area contributed by atoms with E-state index in [2.05, 4.69) is 0 Å². The first-order valence-electron chi connectivity index (χ1n) is 4.09. The molecule has 0 rings (SSSR count). The van der Waals surface area contributed by atoms with E-state index in [1.165, 1.54) is 0 Å². The summed E-state index contributed by atoms with van der Waals surface area (Å²) < 4.78 is 5.01.